The Morgan fingerprint density at radius 1 is 1.00 bits per heavy atom. The molecular formula is C21H24N4O2S. The van der Waals surface area contributed by atoms with E-state index in [1.807, 2.05) is 42.5 Å². The molecule has 0 aliphatic carbocycles. The van der Waals surface area contributed by atoms with Gasteiger partial charge in [-0.15, -0.1) is 10.2 Å². The lowest BCUT2D eigenvalue weighted by atomic mass is 10.0. The number of hydrogen-bond donors (Lipinski definition) is 2. The molecule has 3 rings (SSSR count). The maximum atomic E-state index is 12.3. The van der Waals surface area contributed by atoms with Crippen LogP contribution < -0.4 is 10.6 Å². The molecule has 2 aromatic carbocycles. The van der Waals surface area contributed by atoms with Gasteiger partial charge in [0.1, 0.15) is 5.01 Å². The van der Waals surface area contributed by atoms with Crippen LogP contribution in [0.25, 0.3) is 10.8 Å². The number of amides is 2. The van der Waals surface area contributed by atoms with Crippen molar-refractivity contribution in [3.63, 3.8) is 0 Å². The number of carbonyl (C=O) groups is 2. The summed E-state index contributed by atoms with van der Waals surface area (Å²) in [6.07, 6.45) is 2.21. The van der Waals surface area contributed by atoms with Gasteiger partial charge in [0.2, 0.25) is 16.9 Å². The molecule has 0 bridgehead atoms. The van der Waals surface area contributed by atoms with Crippen LogP contribution in [0.4, 0.5) is 5.13 Å². The number of nitrogens with zero attached hydrogens (tertiary/aromatic N) is 2. The second-order valence-electron chi connectivity index (χ2n) is 6.60. The molecule has 0 saturated carbocycles. The fourth-order valence-corrected chi connectivity index (χ4v) is 4.14. The minimum Gasteiger partial charge on any atom is -0.347 e. The Morgan fingerprint density at radius 2 is 1.75 bits per heavy atom. The smallest absolute Gasteiger partial charge is 0.245 e. The average Bonchev–Trinajstić information content (AvgIpc) is 3.16. The maximum absolute atomic E-state index is 12.3. The third kappa shape index (κ3) is 4.92. The molecule has 0 radical (unpaired) electrons. The zero-order valence-corrected chi connectivity index (χ0v) is 16.9. The Labute approximate surface area is 168 Å². The SMILES string of the molecule is CCC(CC)c1nnc(NC(=O)CNC(=O)Cc2cccc3ccccc23)s1. The average molecular weight is 397 g/mol. The quantitative estimate of drug-likeness (QED) is 0.605. The maximum Gasteiger partial charge on any atom is 0.245 e. The number of anilines is 1. The van der Waals surface area contributed by atoms with E-state index >= 15 is 0 Å². The first-order chi connectivity index (χ1) is 13.6. The number of aromatic nitrogens is 2. The van der Waals surface area contributed by atoms with Gasteiger partial charge in [0.05, 0.1) is 13.0 Å². The number of rotatable bonds is 8. The Kier molecular flexibility index (Phi) is 6.71. The molecule has 6 nitrogen and oxygen atoms in total. The van der Waals surface area contributed by atoms with Gasteiger partial charge in [-0.2, -0.15) is 0 Å². The monoisotopic (exact) mass is 396 g/mol. The normalized spacial score (nSPS) is 11.0. The van der Waals surface area contributed by atoms with Crippen LogP contribution >= 0.6 is 11.3 Å². The summed E-state index contributed by atoms with van der Waals surface area (Å²) in [5, 5.41) is 17.1. The lowest BCUT2D eigenvalue weighted by molar-refractivity contribution is -0.123. The summed E-state index contributed by atoms with van der Waals surface area (Å²) in [7, 11) is 0. The van der Waals surface area contributed by atoms with E-state index in [4.69, 9.17) is 0 Å². The molecule has 7 heteroatoms. The minimum atomic E-state index is -0.307. The lowest BCUT2D eigenvalue weighted by Crippen LogP contribution is -2.33. The van der Waals surface area contributed by atoms with Crippen LogP contribution in [0.1, 0.15) is 43.2 Å². The van der Waals surface area contributed by atoms with E-state index in [1.165, 1.54) is 11.3 Å². The molecule has 1 aromatic heterocycles. The van der Waals surface area contributed by atoms with Crippen LogP contribution in [0.5, 0.6) is 0 Å². The van der Waals surface area contributed by atoms with Crippen molar-refractivity contribution in [2.24, 2.45) is 0 Å². The summed E-state index contributed by atoms with van der Waals surface area (Å²) in [6.45, 7) is 4.13. The summed E-state index contributed by atoms with van der Waals surface area (Å²) >= 11 is 1.39. The van der Waals surface area contributed by atoms with Gasteiger partial charge in [-0.05, 0) is 29.2 Å². The van der Waals surface area contributed by atoms with Crippen LogP contribution in [0.2, 0.25) is 0 Å². The van der Waals surface area contributed by atoms with Crippen molar-refractivity contribution in [2.45, 2.75) is 39.0 Å². The third-order valence-corrected chi connectivity index (χ3v) is 5.70. The van der Waals surface area contributed by atoms with Gasteiger partial charge in [-0.3, -0.25) is 14.9 Å². The zero-order valence-electron chi connectivity index (χ0n) is 16.1. The number of fused-ring (bicyclic) bond motifs is 1. The lowest BCUT2D eigenvalue weighted by Gasteiger charge is -2.08. The molecule has 28 heavy (non-hydrogen) atoms. The topological polar surface area (TPSA) is 84.0 Å². The van der Waals surface area contributed by atoms with Crippen LogP contribution in [0.15, 0.2) is 42.5 Å². The summed E-state index contributed by atoms with van der Waals surface area (Å²) in [4.78, 5) is 24.4. The highest BCUT2D eigenvalue weighted by molar-refractivity contribution is 7.15. The van der Waals surface area contributed by atoms with E-state index in [9.17, 15) is 9.59 Å². The van der Waals surface area contributed by atoms with Crippen LogP contribution in [-0.2, 0) is 16.0 Å². The number of nitrogens with one attached hydrogen (secondary N) is 2. The molecule has 146 valence electrons. The van der Waals surface area contributed by atoms with Crippen molar-refractivity contribution in [1.82, 2.24) is 15.5 Å². The molecule has 3 aromatic rings. The standard InChI is InChI=1S/C21H24N4O2S/c1-3-14(4-2)20-24-25-21(28-20)23-19(27)13-22-18(26)12-16-10-7-9-15-8-5-6-11-17(15)16/h5-11,14H,3-4,12-13H2,1-2H3,(H,22,26)(H,23,25,27). The summed E-state index contributed by atoms with van der Waals surface area (Å²) in [6, 6.07) is 13.8. The minimum absolute atomic E-state index is 0.0938. The van der Waals surface area contributed by atoms with Gasteiger partial charge in [-0.1, -0.05) is 67.6 Å². The van der Waals surface area contributed by atoms with Crippen LogP contribution in [0.3, 0.4) is 0 Å². The van der Waals surface area contributed by atoms with E-state index in [0.29, 0.717) is 11.0 Å². The van der Waals surface area contributed by atoms with Gasteiger partial charge < -0.3 is 5.32 Å². The zero-order chi connectivity index (χ0) is 19.9. The molecule has 1 heterocycles. The van der Waals surface area contributed by atoms with Gasteiger partial charge >= 0.3 is 0 Å². The third-order valence-electron chi connectivity index (χ3n) is 4.70. The van der Waals surface area contributed by atoms with Crippen LogP contribution in [-0.4, -0.2) is 28.6 Å². The number of benzene rings is 2. The van der Waals surface area contributed by atoms with Crippen molar-refractivity contribution < 1.29 is 9.59 Å². The highest BCUT2D eigenvalue weighted by Crippen LogP contribution is 2.27. The molecule has 0 spiro atoms. The molecule has 0 unspecified atom stereocenters. The molecule has 0 aliphatic rings. The highest BCUT2D eigenvalue weighted by Gasteiger charge is 2.15. The predicted octanol–water partition coefficient (Wildman–Crippen LogP) is 3.89. The molecule has 0 atom stereocenters. The Balaban J connectivity index is 1.52. The first-order valence-corrected chi connectivity index (χ1v) is 10.3. The Hall–Kier alpha value is -2.80. The predicted molar refractivity (Wildman–Crippen MR) is 113 cm³/mol. The van der Waals surface area contributed by atoms with E-state index in [1.54, 1.807) is 0 Å². The van der Waals surface area contributed by atoms with E-state index in [0.717, 1.165) is 34.2 Å². The molecular weight excluding hydrogens is 372 g/mol. The molecule has 2 amide bonds. The van der Waals surface area contributed by atoms with Crippen molar-refractivity contribution in [2.75, 3.05) is 11.9 Å². The van der Waals surface area contributed by atoms with Crippen molar-refractivity contribution >= 4 is 39.1 Å². The van der Waals surface area contributed by atoms with Crippen molar-refractivity contribution in [1.29, 1.82) is 0 Å². The van der Waals surface area contributed by atoms with Gasteiger partial charge in [0.25, 0.3) is 0 Å². The number of hydrogen-bond acceptors (Lipinski definition) is 5. The summed E-state index contributed by atoms with van der Waals surface area (Å²) in [5.74, 6) is -0.136. The molecule has 0 aliphatic heterocycles. The first kappa shape index (κ1) is 19.9. The summed E-state index contributed by atoms with van der Waals surface area (Å²) in [5.41, 5.74) is 0.940. The van der Waals surface area contributed by atoms with E-state index in [2.05, 4.69) is 34.7 Å². The first-order valence-electron chi connectivity index (χ1n) is 9.47. The second-order valence-corrected chi connectivity index (χ2v) is 7.61. The molecule has 0 saturated heterocycles. The Bertz CT molecular complexity index is 960. The van der Waals surface area contributed by atoms with Gasteiger partial charge in [0.15, 0.2) is 0 Å². The van der Waals surface area contributed by atoms with Crippen molar-refractivity contribution in [3.05, 3.63) is 53.0 Å². The largest absolute Gasteiger partial charge is 0.347 e. The Morgan fingerprint density at radius 3 is 2.54 bits per heavy atom. The van der Waals surface area contributed by atoms with Gasteiger partial charge in [0, 0.05) is 5.92 Å². The highest BCUT2D eigenvalue weighted by atomic mass is 32.1. The second kappa shape index (κ2) is 9.41. The van der Waals surface area contributed by atoms with Gasteiger partial charge in [-0.25, -0.2) is 0 Å². The molecule has 0 fully saturated rings. The van der Waals surface area contributed by atoms with E-state index in [-0.39, 0.29) is 24.8 Å². The fourth-order valence-electron chi connectivity index (χ4n) is 3.11. The van der Waals surface area contributed by atoms with E-state index < -0.39 is 0 Å². The van der Waals surface area contributed by atoms with Crippen molar-refractivity contribution in [3.8, 4) is 0 Å². The summed E-state index contributed by atoms with van der Waals surface area (Å²) < 4.78 is 0. The van der Waals surface area contributed by atoms with Crippen LogP contribution in [0, 0.1) is 0 Å². The number of carbonyl (C=O) groups excluding carboxylic acids is 2. The molecule has 2 N–H and O–H groups in total. The fraction of sp³-hybridized carbons (Fsp3) is 0.333.